The van der Waals surface area contributed by atoms with Crippen LogP contribution in [0, 0.1) is 6.92 Å². The fourth-order valence-electron chi connectivity index (χ4n) is 1.50. The Morgan fingerprint density at radius 2 is 2.00 bits per heavy atom. The van der Waals surface area contributed by atoms with Gasteiger partial charge in [-0.05, 0) is 41.1 Å². The molecule has 0 bridgehead atoms. The van der Waals surface area contributed by atoms with Crippen LogP contribution in [-0.2, 0) is 0 Å². The third-order valence-corrected chi connectivity index (χ3v) is 3.18. The van der Waals surface area contributed by atoms with E-state index < -0.39 is 0 Å². The van der Waals surface area contributed by atoms with E-state index in [9.17, 15) is 0 Å². The van der Waals surface area contributed by atoms with Gasteiger partial charge in [0, 0.05) is 20.0 Å². The SMILES string of the molecule is Cc1cc(NN)c2cc(Br)cc(Br)c2n1. The first-order valence-electron chi connectivity index (χ1n) is 4.35. The van der Waals surface area contributed by atoms with Crippen molar-refractivity contribution in [3.63, 3.8) is 0 Å². The van der Waals surface area contributed by atoms with Gasteiger partial charge in [0.2, 0.25) is 0 Å². The first-order chi connectivity index (χ1) is 7.11. The van der Waals surface area contributed by atoms with Crippen molar-refractivity contribution in [1.29, 1.82) is 0 Å². The van der Waals surface area contributed by atoms with Crippen molar-refractivity contribution in [2.24, 2.45) is 5.84 Å². The molecule has 2 rings (SSSR count). The monoisotopic (exact) mass is 329 g/mol. The normalized spacial score (nSPS) is 10.7. The molecule has 1 heterocycles. The van der Waals surface area contributed by atoms with Gasteiger partial charge in [0.15, 0.2) is 0 Å². The Labute approximate surface area is 104 Å². The van der Waals surface area contributed by atoms with Crippen molar-refractivity contribution in [3.8, 4) is 0 Å². The molecule has 0 aliphatic carbocycles. The maximum Gasteiger partial charge on any atom is 0.0869 e. The number of benzene rings is 1. The molecule has 3 N–H and O–H groups in total. The third kappa shape index (κ3) is 2.00. The van der Waals surface area contributed by atoms with Crippen molar-refractivity contribution in [3.05, 3.63) is 32.8 Å². The molecule has 1 aromatic heterocycles. The Morgan fingerprint density at radius 3 is 2.67 bits per heavy atom. The first-order valence-corrected chi connectivity index (χ1v) is 5.93. The molecule has 78 valence electrons. The van der Waals surface area contributed by atoms with Crippen LogP contribution in [0.3, 0.4) is 0 Å². The van der Waals surface area contributed by atoms with Crippen LogP contribution in [0.1, 0.15) is 5.69 Å². The number of fused-ring (bicyclic) bond motifs is 1. The summed E-state index contributed by atoms with van der Waals surface area (Å²) in [4.78, 5) is 4.46. The van der Waals surface area contributed by atoms with Gasteiger partial charge >= 0.3 is 0 Å². The van der Waals surface area contributed by atoms with Crippen LogP contribution in [-0.4, -0.2) is 4.98 Å². The van der Waals surface area contributed by atoms with Crippen LogP contribution in [0.4, 0.5) is 5.69 Å². The van der Waals surface area contributed by atoms with E-state index in [1.165, 1.54) is 0 Å². The number of hydrazine groups is 1. The van der Waals surface area contributed by atoms with Crippen LogP contribution in [0.25, 0.3) is 10.9 Å². The van der Waals surface area contributed by atoms with Gasteiger partial charge in [-0.3, -0.25) is 10.8 Å². The number of hydrogen-bond donors (Lipinski definition) is 2. The number of aryl methyl sites for hydroxylation is 1. The summed E-state index contributed by atoms with van der Waals surface area (Å²) in [5, 5.41) is 0.990. The number of nitrogens with two attached hydrogens (primary N) is 1. The second kappa shape index (κ2) is 4.08. The molecular weight excluding hydrogens is 322 g/mol. The lowest BCUT2D eigenvalue weighted by Gasteiger charge is -2.08. The van der Waals surface area contributed by atoms with Gasteiger partial charge in [-0.25, -0.2) is 0 Å². The molecule has 0 saturated heterocycles. The molecule has 0 aliphatic rings. The highest BCUT2D eigenvalue weighted by Gasteiger charge is 2.07. The number of halogens is 2. The number of aromatic nitrogens is 1. The zero-order chi connectivity index (χ0) is 11.0. The molecule has 3 nitrogen and oxygen atoms in total. The molecular formula is C10H9Br2N3. The van der Waals surface area contributed by atoms with Crippen LogP contribution in [0.5, 0.6) is 0 Å². The number of nitrogens with zero attached hydrogens (tertiary/aromatic N) is 1. The van der Waals surface area contributed by atoms with Crippen molar-refractivity contribution in [1.82, 2.24) is 4.98 Å². The van der Waals surface area contributed by atoms with E-state index >= 15 is 0 Å². The summed E-state index contributed by atoms with van der Waals surface area (Å²) < 4.78 is 1.94. The molecule has 15 heavy (non-hydrogen) atoms. The van der Waals surface area contributed by atoms with Gasteiger partial charge in [0.25, 0.3) is 0 Å². The minimum Gasteiger partial charge on any atom is -0.323 e. The number of nitrogen functional groups attached to an aromatic ring is 1. The lowest BCUT2D eigenvalue weighted by Crippen LogP contribution is -2.08. The van der Waals surface area contributed by atoms with Crippen molar-refractivity contribution in [2.45, 2.75) is 6.92 Å². The Balaban J connectivity index is 2.89. The van der Waals surface area contributed by atoms with Crippen molar-refractivity contribution >= 4 is 48.5 Å². The third-order valence-electron chi connectivity index (χ3n) is 2.12. The quantitative estimate of drug-likeness (QED) is 0.622. The van der Waals surface area contributed by atoms with E-state index in [4.69, 9.17) is 5.84 Å². The van der Waals surface area contributed by atoms with Gasteiger partial charge in [-0.2, -0.15) is 0 Å². The molecule has 0 atom stereocenters. The molecule has 0 spiro atoms. The summed E-state index contributed by atoms with van der Waals surface area (Å²) in [6.07, 6.45) is 0. The fourth-order valence-corrected chi connectivity index (χ4v) is 2.81. The Kier molecular flexibility index (Phi) is 2.95. The molecule has 0 aliphatic heterocycles. The minimum atomic E-state index is 0.875. The fraction of sp³-hybridized carbons (Fsp3) is 0.100. The zero-order valence-corrected chi connectivity index (χ0v) is 11.2. The largest absolute Gasteiger partial charge is 0.323 e. The molecule has 1 aromatic carbocycles. The Morgan fingerprint density at radius 1 is 1.27 bits per heavy atom. The van der Waals surface area contributed by atoms with E-state index in [-0.39, 0.29) is 0 Å². The van der Waals surface area contributed by atoms with Crippen molar-refractivity contribution < 1.29 is 0 Å². The smallest absolute Gasteiger partial charge is 0.0869 e. The molecule has 2 aromatic rings. The number of hydrogen-bond acceptors (Lipinski definition) is 3. The predicted octanol–water partition coefficient (Wildman–Crippen LogP) is 3.35. The Bertz CT molecular complexity index is 526. The first kappa shape index (κ1) is 10.9. The summed E-state index contributed by atoms with van der Waals surface area (Å²) in [6, 6.07) is 5.87. The molecule has 0 fully saturated rings. The highest BCUT2D eigenvalue weighted by atomic mass is 79.9. The average Bonchev–Trinajstić information content (AvgIpc) is 2.18. The van der Waals surface area contributed by atoms with E-state index in [0.717, 1.165) is 31.2 Å². The van der Waals surface area contributed by atoms with Crippen LogP contribution in [0.2, 0.25) is 0 Å². The lowest BCUT2D eigenvalue weighted by molar-refractivity contribution is 1.23. The standard InChI is InChI=1S/C10H9Br2N3/c1-5-2-9(15-13)7-3-6(11)4-8(12)10(7)14-5/h2-4H,13H2,1H3,(H,14,15). The topological polar surface area (TPSA) is 50.9 Å². The number of anilines is 1. The minimum absolute atomic E-state index is 0.875. The molecule has 0 saturated carbocycles. The maximum absolute atomic E-state index is 5.48. The van der Waals surface area contributed by atoms with Gasteiger partial charge in [-0.15, -0.1) is 0 Å². The van der Waals surface area contributed by atoms with E-state index in [0.29, 0.717) is 0 Å². The van der Waals surface area contributed by atoms with E-state index in [1.54, 1.807) is 0 Å². The Hall–Kier alpha value is -0.650. The number of rotatable bonds is 1. The molecule has 0 unspecified atom stereocenters. The van der Waals surface area contributed by atoms with Crippen LogP contribution >= 0.6 is 31.9 Å². The number of pyridine rings is 1. The zero-order valence-electron chi connectivity index (χ0n) is 8.01. The summed E-state index contributed by atoms with van der Waals surface area (Å²) in [5.41, 5.74) is 5.40. The van der Waals surface area contributed by atoms with E-state index in [2.05, 4.69) is 42.3 Å². The highest BCUT2D eigenvalue weighted by Crippen LogP contribution is 2.31. The molecule has 0 amide bonds. The summed E-state index contributed by atoms with van der Waals surface area (Å²) in [5.74, 6) is 5.48. The summed E-state index contributed by atoms with van der Waals surface area (Å²) in [7, 11) is 0. The van der Waals surface area contributed by atoms with Gasteiger partial charge in [0.1, 0.15) is 0 Å². The molecule has 0 radical (unpaired) electrons. The maximum atomic E-state index is 5.48. The van der Waals surface area contributed by atoms with E-state index in [1.807, 2.05) is 25.1 Å². The summed E-state index contributed by atoms with van der Waals surface area (Å²) >= 11 is 6.92. The lowest BCUT2D eigenvalue weighted by atomic mass is 10.1. The second-order valence-corrected chi connectivity index (χ2v) is 5.01. The summed E-state index contributed by atoms with van der Waals surface area (Å²) in [6.45, 7) is 1.94. The van der Waals surface area contributed by atoms with Crippen molar-refractivity contribution in [2.75, 3.05) is 5.43 Å². The highest BCUT2D eigenvalue weighted by molar-refractivity contribution is 9.11. The number of nitrogens with one attached hydrogen (secondary N) is 1. The molecule has 5 heteroatoms. The van der Waals surface area contributed by atoms with Gasteiger partial charge < -0.3 is 5.43 Å². The average molecular weight is 331 g/mol. The van der Waals surface area contributed by atoms with Gasteiger partial charge in [-0.1, -0.05) is 15.9 Å². The van der Waals surface area contributed by atoms with Crippen LogP contribution < -0.4 is 11.3 Å². The predicted molar refractivity (Wildman–Crippen MR) is 69.7 cm³/mol. The second-order valence-electron chi connectivity index (χ2n) is 3.24. The van der Waals surface area contributed by atoms with Crippen LogP contribution in [0.15, 0.2) is 27.1 Å². The van der Waals surface area contributed by atoms with Gasteiger partial charge in [0.05, 0.1) is 11.2 Å².